The predicted molar refractivity (Wildman–Crippen MR) is 88.1 cm³/mol. The van der Waals surface area contributed by atoms with Gasteiger partial charge in [0.1, 0.15) is 5.82 Å². The summed E-state index contributed by atoms with van der Waals surface area (Å²) >= 11 is 9.91. The van der Waals surface area contributed by atoms with Gasteiger partial charge in [0.25, 0.3) is 0 Å². The lowest BCUT2D eigenvalue weighted by Gasteiger charge is -2.40. The summed E-state index contributed by atoms with van der Waals surface area (Å²) in [4.78, 5) is 0.514. The van der Waals surface area contributed by atoms with Crippen LogP contribution in [0.3, 0.4) is 0 Å². The van der Waals surface area contributed by atoms with Gasteiger partial charge in [-0.05, 0) is 54.6 Å². The fraction of sp³-hybridized carbons (Fsp3) is 0.647. The SMILES string of the molecule is CC(C)(C)C1CCC(Br)C(Cc2cccc(F)c2Cl)C1. The first-order valence-electron chi connectivity index (χ1n) is 7.36. The molecule has 1 aromatic carbocycles. The molecule has 1 saturated carbocycles. The second kappa shape index (κ2) is 6.36. The molecule has 1 aromatic rings. The molecule has 0 N–H and O–H groups in total. The van der Waals surface area contributed by atoms with Gasteiger partial charge in [-0.2, -0.15) is 0 Å². The molecule has 0 heterocycles. The van der Waals surface area contributed by atoms with Crippen molar-refractivity contribution >= 4 is 27.5 Å². The predicted octanol–water partition coefficient (Wildman–Crippen LogP) is 6.25. The van der Waals surface area contributed by atoms with Crippen molar-refractivity contribution < 1.29 is 4.39 Å². The number of alkyl halides is 1. The molecular weight excluding hydrogens is 339 g/mol. The average molecular weight is 362 g/mol. The van der Waals surface area contributed by atoms with Crippen LogP contribution >= 0.6 is 27.5 Å². The molecule has 0 nitrogen and oxygen atoms in total. The molecule has 3 heteroatoms. The average Bonchev–Trinajstić information content (AvgIpc) is 2.36. The topological polar surface area (TPSA) is 0 Å². The van der Waals surface area contributed by atoms with Gasteiger partial charge in [-0.25, -0.2) is 4.39 Å². The Morgan fingerprint density at radius 3 is 2.65 bits per heavy atom. The minimum Gasteiger partial charge on any atom is -0.205 e. The molecule has 112 valence electrons. The van der Waals surface area contributed by atoms with E-state index in [1.807, 2.05) is 6.07 Å². The highest BCUT2D eigenvalue weighted by Gasteiger charge is 2.35. The van der Waals surface area contributed by atoms with Crippen molar-refractivity contribution in [2.45, 2.75) is 51.3 Å². The Morgan fingerprint density at radius 1 is 1.30 bits per heavy atom. The van der Waals surface area contributed by atoms with Crippen LogP contribution in [0, 0.1) is 23.1 Å². The zero-order valence-corrected chi connectivity index (χ0v) is 14.8. The summed E-state index contributed by atoms with van der Waals surface area (Å²) in [5.41, 5.74) is 1.28. The second-order valence-electron chi connectivity index (χ2n) is 7.07. The van der Waals surface area contributed by atoms with Crippen molar-refractivity contribution in [3.8, 4) is 0 Å². The van der Waals surface area contributed by atoms with Gasteiger partial charge in [-0.15, -0.1) is 0 Å². The third-order valence-electron chi connectivity index (χ3n) is 4.63. The molecular formula is C17H23BrClF. The third kappa shape index (κ3) is 3.76. The summed E-state index contributed by atoms with van der Waals surface area (Å²) in [7, 11) is 0. The molecule has 1 aliphatic carbocycles. The summed E-state index contributed by atoms with van der Waals surface area (Å²) in [6.45, 7) is 6.95. The molecule has 0 saturated heterocycles. The van der Waals surface area contributed by atoms with Crippen LogP contribution in [0.2, 0.25) is 5.02 Å². The minimum absolute atomic E-state index is 0.296. The molecule has 2 rings (SSSR count). The Bertz CT molecular complexity index is 467. The lowest BCUT2D eigenvalue weighted by molar-refractivity contribution is 0.146. The zero-order chi connectivity index (χ0) is 14.9. The van der Waals surface area contributed by atoms with Crippen molar-refractivity contribution in [3.05, 3.63) is 34.6 Å². The molecule has 0 spiro atoms. The summed E-state index contributed by atoms with van der Waals surface area (Å²) in [6.07, 6.45) is 4.51. The van der Waals surface area contributed by atoms with E-state index in [4.69, 9.17) is 11.6 Å². The van der Waals surface area contributed by atoms with Crippen LogP contribution in [0.1, 0.15) is 45.6 Å². The standard InChI is InChI=1S/C17H23BrClF/c1-17(2,3)13-7-8-14(18)12(10-13)9-11-5-4-6-15(20)16(11)19/h4-6,12-14H,7-10H2,1-3H3. The summed E-state index contributed by atoms with van der Waals surface area (Å²) in [5.74, 6) is 0.958. The minimum atomic E-state index is -0.307. The van der Waals surface area contributed by atoms with E-state index >= 15 is 0 Å². The van der Waals surface area contributed by atoms with Crippen molar-refractivity contribution in [1.82, 2.24) is 0 Å². The lowest BCUT2D eigenvalue weighted by atomic mass is 9.68. The van der Waals surface area contributed by atoms with Gasteiger partial charge in [-0.3, -0.25) is 0 Å². The zero-order valence-electron chi connectivity index (χ0n) is 12.4. The first kappa shape index (κ1) is 16.3. The Labute approximate surface area is 135 Å². The smallest absolute Gasteiger partial charge is 0.142 e. The molecule has 0 aromatic heterocycles. The van der Waals surface area contributed by atoms with E-state index in [1.165, 1.54) is 25.3 Å². The van der Waals surface area contributed by atoms with Gasteiger partial charge >= 0.3 is 0 Å². The second-order valence-corrected chi connectivity index (χ2v) is 8.62. The highest BCUT2D eigenvalue weighted by atomic mass is 79.9. The molecule has 20 heavy (non-hydrogen) atoms. The van der Waals surface area contributed by atoms with Crippen LogP contribution in [0.15, 0.2) is 18.2 Å². The molecule has 0 aliphatic heterocycles. The van der Waals surface area contributed by atoms with E-state index in [0.29, 0.717) is 21.2 Å². The summed E-state index contributed by atoms with van der Waals surface area (Å²) < 4.78 is 13.6. The Hall–Kier alpha value is -0.0800. The van der Waals surface area contributed by atoms with Gasteiger partial charge in [0, 0.05) is 4.83 Å². The maximum atomic E-state index is 13.6. The van der Waals surface area contributed by atoms with Gasteiger partial charge in [0.2, 0.25) is 0 Å². The van der Waals surface area contributed by atoms with E-state index in [-0.39, 0.29) is 5.82 Å². The molecule has 0 radical (unpaired) electrons. The van der Waals surface area contributed by atoms with Gasteiger partial charge in [-0.1, -0.05) is 60.4 Å². The molecule has 0 amide bonds. The quantitative estimate of drug-likeness (QED) is 0.546. The maximum Gasteiger partial charge on any atom is 0.142 e. The Balaban J connectivity index is 2.12. The van der Waals surface area contributed by atoms with Crippen LogP contribution in [0.25, 0.3) is 0 Å². The van der Waals surface area contributed by atoms with Crippen molar-refractivity contribution in [1.29, 1.82) is 0 Å². The number of benzene rings is 1. The Kier molecular flexibility index (Phi) is 5.18. The lowest BCUT2D eigenvalue weighted by Crippen LogP contribution is -2.33. The van der Waals surface area contributed by atoms with Crippen LogP contribution in [0.5, 0.6) is 0 Å². The highest BCUT2D eigenvalue weighted by molar-refractivity contribution is 9.09. The fourth-order valence-electron chi connectivity index (χ4n) is 3.21. The molecule has 3 unspecified atom stereocenters. The monoisotopic (exact) mass is 360 g/mol. The van der Waals surface area contributed by atoms with E-state index in [2.05, 4.69) is 36.7 Å². The van der Waals surface area contributed by atoms with Crippen molar-refractivity contribution in [2.75, 3.05) is 0 Å². The van der Waals surface area contributed by atoms with Gasteiger partial charge in [0.15, 0.2) is 0 Å². The first-order valence-corrected chi connectivity index (χ1v) is 8.65. The molecule has 0 bridgehead atoms. The van der Waals surface area contributed by atoms with E-state index in [1.54, 1.807) is 6.07 Å². The highest BCUT2D eigenvalue weighted by Crippen LogP contribution is 2.44. The molecule has 1 fully saturated rings. The molecule has 1 aliphatic rings. The summed E-state index contributed by atoms with van der Waals surface area (Å²) in [6, 6.07) is 5.13. The van der Waals surface area contributed by atoms with Crippen LogP contribution in [-0.4, -0.2) is 4.83 Å². The van der Waals surface area contributed by atoms with E-state index < -0.39 is 0 Å². The normalized spacial score (nSPS) is 27.6. The van der Waals surface area contributed by atoms with Crippen LogP contribution in [0.4, 0.5) is 4.39 Å². The third-order valence-corrected chi connectivity index (χ3v) is 6.26. The number of hydrogen-bond acceptors (Lipinski definition) is 0. The fourth-order valence-corrected chi connectivity index (χ4v) is 4.08. The van der Waals surface area contributed by atoms with Crippen molar-refractivity contribution in [2.24, 2.45) is 17.3 Å². The number of rotatable bonds is 2. The molecule has 3 atom stereocenters. The van der Waals surface area contributed by atoms with Crippen molar-refractivity contribution in [3.63, 3.8) is 0 Å². The van der Waals surface area contributed by atoms with Gasteiger partial charge in [0.05, 0.1) is 5.02 Å². The number of hydrogen-bond donors (Lipinski definition) is 0. The van der Waals surface area contributed by atoms with E-state index in [0.717, 1.165) is 17.9 Å². The van der Waals surface area contributed by atoms with E-state index in [9.17, 15) is 4.39 Å². The number of halogens is 3. The van der Waals surface area contributed by atoms with Crippen LogP contribution < -0.4 is 0 Å². The first-order chi connectivity index (χ1) is 9.29. The van der Waals surface area contributed by atoms with Gasteiger partial charge < -0.3 is 0 Å². The Morgan fingerprint density at radius 2 is 2.00 bits per heavy atom. The largest absolute Gasteiger partial charge is 0.205 e. The summed E-state index contributed by atoms with van der Waals surface area (Å²) in [5, 5.41) is 0.296. The maximum absolute atomic E-state index is 13.6. The van der Waals surface area contributed by atoms with Crippen LogP contribution in [-0.2, 0) is 6.42 Å².